The fraction of sp³-hybridized carbons (Fsp3) is 0.444. The molecule has 6 heteroatoms. The Labute approximate surface area is 141 Å². The Morgan fingerprint density at radius 3 is 2.71 bits per heavy atom. The molecule has 2 aromatic rings. The monoisotopic (exact) mass is 328 g/mol. The minimum Gasteiger partial charge on any atom is -0.393 e. The number of nitrogens with zero attached hydrogens (tertiary/aromatic N) is 2. The molecule has 1 aromatic heterocycles. The third-order valence-electron chi connectivity index (χ3n) is 4.67. The fourth-order valence-corrected chi connectivity index (χ4v) is 3.20. The topological polar surface area (TPSA) is 81.2 Å². The summed E-state index contributed by atoms with van der Waals surface area (Å²) in [4.78, 5) is 14.0. The predicted molar refractivity (Wildman–Crippen MR) is 93.6 cm³/mol. The average molecular weight is 328 g/mol. The zero-order valence-electron chi connectivity index (χ0n) is 13.9. The molecule has 0 radical (unpaired) electrons. The van der Waals surface area contributed by atoms with Crippen molar-refractivity contribution in [2.75, 3.05) is 18.9 Å². The van der Waals surface area contributed by atoms with E-state index in [9.17, 15) is 9.90 Å². The van der Waals surface area contributed by atoms with Gasteiger partial charge >= 0.3 is 6.03 Å². The molecule has 1 heterocycles. The maximum Gasteiger partial charge on any atom is 0.321 e. The third-order valence-corrected chi connectivity index (χ3v) is 4.67. The van der Waals surface area contributed by atoms with E-state index < -0.39 is 0 Å². The summed E-state index contributed by atoms with van der Waals surface area (Å²) in [5.74, 6) is 0.178. The molecule has 0 bridgehead atoms. The van der Waals surface area contributed by atoms with Crippen molar-refractivity contribution in [3.8, 4) is 11.3 Å². The Kier molecular flexibility index (Phi) is 5.15. The van der Waals surface area contributed by atoms with Gasteiger partial charge in [-0.2, -0.15) is 5.10 Å². The number of H-pyrrole nitrogens is 1. The quantitative estimate of drug-likeness (QED) is 0.806. The molecule has 1 aliphatic carbocycles. The number of amides is 2. The molecule has 24 heavy (non-hydrogen) atoms. The minimum atomic E-state index is -0.289. The molecule has 1 aromatic carbocycles. The lowest BCUT2D eigenvalue weighted by atomic mass is 9.86. The van der Waals surface area contributed by atoms with Crippen LogP contribution in [0.1, 0.15) is 25.7 Å². The number of aromatic nitrogens is 2. The molecule has 1 aliphatic rings. The third kappa shape index (κ3) is 3.94. The Hall–Kier alpha value is -2.34. The van der Waals surface area contributed by atoms with E-state index in [0.29, 0.717) is 6.54 Å². The van der Waals surface area contributed by atoms with Gasteiger partial charge in [0.2, 0.25) is 0 Å². The lowest BCUT2D eigenvalue weighted by molar-refractivity contribution is 0.0575. The SMILES string of the molecule is CN(CC1CCCCC1O)C(=O)Nc1ccc(-c2ccn[nH]2)cc1. The van der Waals surface area contributed by atoms with Gasteiger partial charge in [-0.15, -0.1) is 0 Å². The van der Waals surface area contributed by atoms with Crippen molar-refractivity contribution in [3.63, 3.8) is 0 Å². The first-order valence-electron chi connectivity index (χ1n) is 8.43. The van der Waals surface area contributed by atoms with Crippen LogP contribution in [-0.2, 0) is 0 Å². The second kappa shape index (κ2) is 7.49. The van der Waals surface area contributed by atoms with Gasteiger partial charge in [-0.05, 0) is 36.6 Å². The van der Waals surface area contributed by atoms with Crippen molar-refractivity contribution in [3.05, 3.63) is 36.5 Å². The van der Waals surface area contributed by atoms with Crippen LogP contribution in [0.5, 0.6) is 0 Å². The number of aromatic amines is 1. The molecule has 2 unspecified atom stereocenters. The lowest BCUT2D eigenvalue weighted by Gasteiger charge is -2.31. The van der Waals surface area contributed by atoms with Crippen molar-refractivity contribution in [1.82, 2.24) is 15.1 Å². The molecule has 0 aliphatic heterocycles. The van der Waals surface area contributed by atoms with Gasteiger partial charge in [0.15, 0.2) is 0 Å². The fourth-order valence-electron chi connectivity index (χ4n) is 3.20. The number of aliphatic hydroxyl groups excluding tert-OH is 1. The van der Waals surface area contributed by atoms with Crippen LogP contribution >= 0.6 is 0 Å². The van der Waals surface area contributed by atoms with Gasteiger partial charge < -0.3 is 15.3 Å². The van der Waals surface area contributed by atoms with Crippen molar-refractivity contribution >= 4 is 11.7 Å². The van der Waals surface area contributed by atoms with Crippen LogP contribution in [0.2, 0.25) is 0 Å². The maximum atomic E-state index is 12.3. The first-order valence-corrected chi connectivity index (χ1v) is 8.43. The number of carbonyl (C=O) groups is 1. The number of rotatable bonds is 4. The molecule has 2 atom stereocenters. The molecule has 0 spiro atoms. The number of hydrogen-bond donors (Lipinski definition) is 3. The van der Waals surface area contributed by atoms with Gasteiger partial charge in [-0.3, -0.25) is 5.10 Å². The van der Waals surface area contributed by atoms with Crippen LogP contribution < -0.4 is 5.32 Å². The van der Waals surface area contributed by atoms with Gasteiger partial charge in [0.05, 0.1) is 11.8 Å². The smallest absolute Gasteiger partial charge is 0.321 e. The van der Waals surface area contributed by atoms with E-state index in [-0.39, 0.29) is 18.1 Å². The van der Waals surface area contributed by atoms with E-state index in [2.05, 4.69) is 15.5 Å². The van der Waals surface area contributed by atoms with E-state index >= 15 is 0 Å². The largest absolute Gasteiger partial charge is 0.393 e. The van der Waals surface area contributed by atoms with E-state index in [1.54, 1.807) is 18.1 Å². The van der Waals surface area contributed by atoms with Gasteiger partial charge in [0.1, 0.15) is 0 Å². The van der Waals surface area contributed by atoms with Crippen LogP contribution in [-0.4, -0.2) is 45.9 Å². The maximum absolute atomic E-state index is 12.3. The number of nitrogens with one attached hydrogen (secondary N) is 2. The summed E-state index contributed by atoms with van der Waals surface area (Å²) in [6.45, 7) is 0.583. The van der Waals surface area contributed by atoms with Crippen LogP contribution in [0.3, 0.4) is 0 Å². The molecule has 1 fully saturated rings. The van der Waals surface area contributed by atoms with Crippen LogP contribution in [0.15, 0.2) is 36.5 Å². The summed E-state index contributed by atoms with van der Waals surface area (Å²) in [6, 6.07) is 9.37. The number of aliphatic hydroxyl groups is 1. The van der Waals surface area contributed by atoms with E-state index in [1.165, 1.54) is 0 Å². The number of benzene rings is 1. The highest BCUT2D eigenvalue weighted by Crippen LogP contribution is 2.25. The normalized spacial score (nSPS) is 20.6. The summed E-state index contributed by atoms with van der Waals surface area (Å²) in [5.41, 5.74) is 2.71. The molecule has 0 saturated heterocycles. The number of hydrogen-bond acceptors (Lipinski definition) is 3. The molecule has 3 N–H and O–H groups in total. The van der Waals surface area contributed by atoms with Crippen LogP contribution in [0.25, 0.3) is 11.3 Å². The highest BCUT2D eigenvalue weighted by atomic mass is 16.3. The highest BCUT2D eigenvalue weighted by Gasteiger charge is 2.25. The summed E-state index contributed by atoms with van der Waals surface area (Å²) >= 11 is 0. The molecule has 3 rings (SSSR count). The van der Waals surface area contributed by atoms with Gasteiger partial charge in [-0.25, -0.2) is 4.79 Å². The summed E-state index contributed by atoms with van der Waals surface area (Å²) in [5, 5.41) is 19.8. The second-order valence-corrected chi connectivity index (χ2v) is 6.47. The second-order valence-electron chi connectivity index (χ2n) is 6.47. The highest BCUT2D eigenvalue weighted by molar-refractivity contribution is 5.89. The standard InChI is InChI=1S/C18H24N4O2/c1-22(12-14-4-2-3-5-17(14)23)18(24)20-15-8-6-13(7-9-15)16-10-11-19-21-16/h6-11,14,17,23H,2-5,12H2,1H3,(H,19,21)(H,20,24). The number of urea groups is 1. The van der Waals surface area contributed by atoms with E-state index in [4.69, 9.17) is 0 Å². The van der Waals surface area contributed by atoms with Crippen molar-refractivity contribution in [1.29, 1.82) is 0 Å². The number of anilines is 1. The molecule has 128 valence electrons. The first kappa shape index (κ1) is 16.5. The first-order chi connectivity index (χ1) is 11.6. The number of carbonyl (C=O) groups excluding carboxylic acids is 1. The Bertz CT molecular complexity index is 654. The zero-order valence-corrected chi connectivity index (χ0v) is 13.9. The predicted octanol–water partition coefficient (Wildman–Crippen LogP) is 3.09. The van der Waals surface area contributed by atoms with E-state index in [1.807, 2.05) is 30.3 Å². The Morgan fingerprint density at radius 2 is 2.04 bits per heavy atom. The molecule has 1 saturated carbocycles. The van der Waals surface area contributed by atoms with Crippen molar-refractivity contribution in [2.24, 2.45) is 5.92 Å². The van der Waals surface area contributed by atoms with Gasteiger partial charge in [-0.1, -0.05) is 25.0 Å². The molecular weight excluding hydrogens is 304 g/mol. The Balaban J connectivity index is 1.55. The summed E-state index contributed by atoms with van der Waals surface area (Å²) in [6.07, 6.45) is 5.46. The van der Waals surface area contributed by atoms with Gasteiger partial charge in [0, 0.05) is 31.4 Å². The van der Waals surface area contributed by atoms with Gasteiger partial charge in [0.25, 0.3) is 0 Å². The molecule has 6 nitrogen and oxygen atoms in total. The van der Waals surface area contributed by atoms with Crippen LogP contribution in [0.4, 0.5) is 10.5 Å². The van der Waals surface area contributed by atoms with Crippen molar-refractivity contribution < 1.29 is 9.90 Å². The minimum absolute atomic E-state index is 0.151. The molecule has 2 amide bonds. The summed E-state index contributed by atoms with van der Waals surface area (Å²) in [7, 11) is 1.77. The zero-order chi connectivity index (χ0) is 16.9. The van der Waals surface area contributed by atoms with Crippen molar-refractivity contribution in [2.45, 2.75) is 31.8 Å². The average Bonchev–Trinajstić information content (AvgIpc) is 3.12. The van der Waals surface area contributed by atoms with E-state index in [0.717, 1.165) is 42.6 Å². The lowest BCUT2D eigenvalue weighted by Crippen LogP contribution is -2.40. The van der Waals surface area contributed by atoms with Crippen LogP contribution in [0, 0.1) is 5.92 Å². The summed E-state index contributed by atoms with van der Waals surface area (Å²) < 4.78 is 0. The molecular formula is C18H24N4O2. The Morgan fingerprint density at radius 1 is 1.29 bits per heavy atom.